The number of rotatable bonds is 5. The quantitative estimate of drug-likeness (QED) is 0.223. The van der Waals surface area contributed by atoms with Crippen LogP contribution in [0.3, 0.4) is 0 Å². The number of thiophene rings is 1. The molecule has 0 spiro atoms. The molecule has 7 aromatic carbocycles. The van der Waals surface area contributed by atoms with Crippen LogP contribution in [-0.2, 0) is 0 Å². The third-order valence-electron chi connectivity index (χ3n) is 8.08. The van der Waals surface area contributed by atoms with Crippen molar-refractivity contribution in [1.29, 1.82) is 0 Å². The molecule has 0 atom stereocenters. The van der Waals surface area contributed by atoms with Crippen molar-refractivity contribution in [1.82, 2.24) is 0 Å². The topological polar surface area (TPSA) is 12.0 Å². The molecule has 0 aliphatic carbocycles. The monoisotopic (exact) mass is 553 g/mol. The van der Waals surface area contributed by atoms with Gasteiger partial charge in [-0.15, -0.1) is 11.3 Å². The van der Waals surface area contributed by atoms with E-state index < -0.39 is 0 Å². The zero-order valence-electron chi connectivity index (χ0n) is 22.9. The normalized spacial score (nSPS) is 11.3. The first-order valence-corrected chi connectivity index (χ1v) is 15.1. The van der Waals surface area contributed by atoms with Gasteiger partial charge in [0.15, 0.2) is 0 Å². The SMILES string of the molecule is c1ccc(-c2cccc(-c3ccc(Nc4cccc5ccccc45)c(-c4cccc5c4sc4ccccc45)c3)c2)cc1. The lowest BCUT2D eigenvalue weighted by atomic mass is 9.94. The molecular formula is C40H27NS. The van der Waals surface area contributed by atoms with Gasteiger partial charge in [-0.3, -0.25) is 0 Å². The van der Waals surface area contributed by atoms with E-state index in [2.05, 4.69) is 163 Å². The summed E-state index contributed by atoms with van der Waals surface area (Å²) in [5.74, 6) is 0. The first-order valence-electron chi connectivity index (χ1n) is 14.3. The standard InChI is InChI=1S/C40H27NS/c1-2-11-27(12-3-1)29-15-8-16-30(25-29)31-23-24-38(41-37-21-9-14-28-13-4-5-17-32(28)37)36(26-31)35-20-10-19-34-33-18-6-7-22-39(33)42-40(34)35/h1-26,41H. The molecule has 0 fully saturated rings. The highest BCUT2D eigenvalue weighted by Gasteiger charge is 2.15. The number of fused-ring (bicyclic) bond motifs is 4. The molecule has 0 aliphatic heterocycles. The predicted molar refractivity (Wildman–Crippen MR) is 183 cm³/mol. The minimum atomic E-state index is 1.10. The van der Waals surface area contributed by atoms with Gasteiger partial charge in [0.1, 0.15) is 0 Å². The number of hydrogen-bond acceptors (Lipinski definition) is 2. The molecular weight excluding hydrogens is 527 g/mol. The van der Waals surface area contributed by atoms with E-state index in [1.807, 2.05) is 11.3 Å². The van der Waals surface area contributed by atoms with Gasteiger partial charge >= 0.3 is 0 Å². The molecule has 1 heterocycles. The average molecular weight is 554 g/mol. The summed E-state index contributed by atoms with van der Waals surface area (Å²) in [4.78, 5) is 0. The van der Waals surface area contributed by atoms with Crippen LogP contribution < -0.4 is 5.32 Å². The van der Waals surface area contributed by atoms with E-state index in [9.17, 15) is 0 Å². The summed E-state index contributed by atoms with van der Waals surface area (Å²) in [6.07, 6.45) is 0. The molecule has 0 radical (unpaired) electrons. The van der Waals surface area contributed by atoms with Crippen LogP contribution in [0.15, 0.2) is 158 Å². The van der Waals surface area contributed by atoms with Crippen molar-refractivity contribution in [2.45, 2.75) is 0 Å². The fourth-order valence-electron chi connectivity index (χ4n) is 6.00. The van der Waals surface area contributed by atoms with Gasteiger partial charge in [-0.1, -0.05) is 127 Å². The van der Waals surface area contributed by atoms with Crippen molar-refractivity contribution in [2.75, 3.05) is 5.32 Å². The fourth-order valence-corrected chi connectivity index (χ4v) is 7.23. The van der Waals surface area contributed by atoms with E-state index in [4.69, 9.17) is 0 Å². The van der Waals surface area contributed by atoms with E-state index in [1.165, 1.54) is 64.3 Å². The third-order valence-corrected chi connectivity index (χ3v) is 9.30. The maximum atomic E-state index is 3.83. The van der Waals surface area contributed by atoms with Crippen LogP contribution in [0.5, 0.6) is 0 Å². The van der Waals surface area contributed by atoms with E-state index in [0.717, 1.165) is 11.4 Å². The first kappa shape index (κ1) is 24.6. The minimum absolute atomic E-state index is 1.10. The smallest absolute Gasteiger partial charge is 0.0465 e. The van der Waals surface area contributed by atoms with E-state index in [0.29, 0.717) is 0 Å². The average Bonchev–Trinajstić information content (AvgIpc) is 3.45. The van der Waals surface area contributed by atoms with Crippen molar-refractivity contribution in [3.8, 4) is 33.4 Å². The van der Waals surface area contributed by atoms with Gasteiger partial charge in [0.25, 0.3) is 0 Å². The van der Waals surface area contributed by atoms with Crippen molar-refractivity contribution >= 4 is 53.7 Å². The third kappa shape index (κ3) is 4.34. The summed E-state index contributed by atoms with van der Waals surface area (Å²) in [5, 5.41) is 8.89. The summed E-state index contributed by atoms with van der Waals surface area (Å²) in [6.45, 7) is 0. The van der Waals surface area contributed by atoms with Gasteiger partial charge in [0.2, 0.25) is 0 Å². The maximum absolute atomic E-state index is 3.83. The van der Waals surface area contributed by atoms with E-state index in [1.54, 1.807) is 0 Å². The highest BCUT2D eigenvalue weighted by molar-refractivity contribution is 7.26. The number of nitrogens with one attached hydrogen (secondary N) is 1. The highest BCUT2D eigenvalue weighted by atomic mass is 32.1. The Morgan fingerprint density at radius 3 is 1.93 bits per heavy atom. The molecule has 8 rings (SSSR count). The Morgan fingerprint density at radius 1 is 0.381 bits per heavy atom. The van der Waals surface area contributed by atoms with Crippen molar-refractivity contribution < 1.29 is 0 Å². The van der Waals surface area contributed by atoms with Crippen LogP contribution >= 0.6 is 11.3 Å². The molecule has 0 bridgehead atoms. The Balaban J connectivity index is 1.33. The molecule has 42 heavy (non-hydrogen) atoms. The van der Waals surface area contributed by atoms with Crippen LogP contribution in [0, 0.1) is 0 Å². The first-order chi connectivity index (χ1) is 20.8. The lowest BCUT2D eigenvalue weighted by Gasteiger charge is -2.17. The molecule has 1 aromatic heterocycles. The van der Waals surface area contributed by atoms with Crippen LogP contribution in [0.2, 0.25) is 0 Å². The summed E-state index contributed by atoms with van der Waals surface area (Å²) < 4.78 is 2.63. The lowest BCUT2D eigenvalue weighted by molar-refractivity contribution is 1.55. The molecule has 1 nitrogen and oxygen atoms in total. The lowest BCUT2D eigenvalue weighted by Crippen LogP contribution is -1.95. The molecule has 0 amide bonds. The summed E-state index contributed by atoms with van der Waals surface area (Å²) >= 11 is 1.87. The van der Waals surface area contributed by atoms with Gasteiger partial charge in [-0.2, -0.15) is 0 Å². The van der Waals surface area contributed by atoms with Crippen LogP contribution in [0.4, 0.5) is 11.4 Å². The maximum Gasteiger partial charge on any atom is 0.0465 e. The van der Waals surface area contributed by atoms with Crippen LogP contribution in [0.25, 0.3) is 64.3 Å². The molecule has 1 N–H and O–H groups in total. The largest absolute Gasteiger partial charge is 0.355 e. The summed E-state index contributed by atoms with van der Waals surface area (Å²) in [6, 6.07) is 56.8. The van der Waals surface area contributed by atoms with E-state index >= 15 is 0 Å². The Morgan fingerprint density at radius 2 is 1.02 bits per heavy atom. The molecule has 2 heteroatoms. The summed E-state index contributed by atoms with van der Waals surface area (Å²) in [7, 11) is 0. The number of anilines is 2. The minimum Gasteiger partial charge on any atom is -0.355 e. The Hall–Kier alpha value is -5.18. The van der Waals surface area contributed by atoms with Crippen LogP contribution in [-0.4, -0.2) is 0 Å². The summed E-state index contributed by atoms with van der Waals surface area (Å²) in [5.41, 5.74) is 9.50. The van der Waals surface area contributed by atoms with Crippen LogP contribution in [0.1, 0.15) is 0 Å². The number of hydrogen-bond donors (Lipinski definition) is 1. The molecule has 8 aromatic rings. The second-order valence-corrected chi connectivity index (χ2v) is 11.7. The molecule has 0 saturated heterocycles. The van der Waals surface area contributed by atoms with Gasteiger partial charge in [0.05, 0.1) is 0 Å². The molecule has 0 unspecified atom stereocenters. The fraction of sp³-hybridized carbons (Fsp3) is 0. The molecule has 0 aliphatic rings. The zero-order valence-corrected chi connectivity index (χ0v) is 23.7. The molecule has 0 saturated carbocycles. The highest BCUT2D eigenvalue weighted by Crippen LogP contribution is 2.44. The van der Waals surface area contributed by atoms with Crippen molar-refractivity contribution in [2.24, 2.45) is 0 Å². The van der Waals surface area contributed by atoms with Crippen molar-refractivity contribution in [3.05, 3.63) is 158 Å². The number of benzene rings is 7. The van der Waals surface area contributed by atoms with Gasteiger partial charge in [0, 0.05) is 48.1 Å². The molecule has 198 valence electrons. The Kier molecular flexibility index (Phi) is 6.05. The van der Waals surface area contributed by atoms with Gasteiger partial charge in [-0.05, 0) is 58.0 Å². The Bertz CT molecular complexity index is 2220. The predicted octanol–water partition coefficient (Wildman–Crippen LogP) is 12.0. The van der Waals surface area contributed by atoms with E-state index in [-0.39, 0.29) is 0 Å². The second kappa shape index (κ2) is 10.3. The zero-order chi connectivity index (χ0) is 27.9. The van der Waals surface area contributed by atoms with Gasteiger partial charge < -0.3 is 5.32 Å². The second-order valence-electron chi connectivity index (χ2n) is 10.6. The van der Waals surface area contributed by atoms with Gasteiger partial charge in [-0.25, -0.2) is 0 Å². The Labute approximate surface area is 249 Å². The van der Waals surface area contributed by atoms with Crippen molar-refractivity contribution in [3.63, 3.8) is 0 Å².